The lowest BCUT2D eigenvalue weighted by molar-refractivity contribution is -0.124. The quantitative estimate of drug-likeness (QED) is 0.669. The predicted octanol–water partition coefficient (Wildman–Crippen LogP) is 1.94. The van der Waals surface area contributed by atoms with Crippen LogP contribution in [0, 0.1) is 12.8 Å². The number of aryl methyl sites for hydroxylation is 1. The van der Waals surface area contributed by atoms with Crippen LogP contribution in [0.25, 0.3) is 0 Å². The lowest BCUT2D eigenvalue weighted by atomic mass is 10.1. The summed E-state index contributed by atoms with van der Waals surface area (Å²) in [6, 6.07) is 1.88. The van der Waals surface area contributed by atoms with Crippen LogP contribution in [0.5, 0.6) is 0 Å². The van der Waals surface area contributed by atoms with E-state index in [-0.39, 0.29) is 11.8 Å². The van der Waals surface area contributed by atoms with Gasteiger partial charge in [-0.15, -0.1) is 0 Å². The third-order valence-electron chi connectivity index (χ3n) is 3.65. The Bertz CT molecular complexity index is 471. The maximum absolute atomic E-state index is 11.9. The number of amides is 1. The summed E-state index contributed by atoms with van der Waals surface area (Å²) in [6.07, 6.45) is 4.44. The lowest BCUT2D eigenvalue weighted by Crippen LogP contribution is -2.33. The fraction of sp³-hybridized carbons (Fsp3) is 0.667. The van der Waals surface area contributed by atoms with Crippen molar-refractivity contribution < 1.29 is 4.79 Å². The molecule has 1 fully saturated rings. The molecule has 1 aliphatic rings. The van der Waals surface area contributed by atoms with Crippen molar-refractivity contribution in [3.63, 3.8) is 0 Å². The highest BCUT2D eigenvalue weighted by atomic mass is 16.1. The van der Waals surface area contributed by atoms with Gasteiger partial charge in [-0.2, -0.15) is 0 Å². The number of carbonyl (C=O) groups excluding carboxylic acids is 1. The van der Waals surface area contributed by atoms with Gasteiger partial charge in [0.2, 0.25) is 5.91 Å². The summed E-state index contributed by atoms with van der Waals surface area (Å²) in [5, 5.41) is 9.39. The molecule has 2 rings (SSSR count). The smallest absolute Gasteiger partial charge is 0.223 e. The highest BCUT2D eigenvalue weighted by molar-refractivity contribution is 5.78. The Morgan fingerprint density at radius 1 is 1.19 bits per heavy atom. The standard InChI is InChI=1S/C15H25N5O/c1-3-16-13-10-14(20-11(2)19-13)17-8-9-18-15(21)12-6-4-5-7-12/h10,12H,3-9H2,1-2H3,(H,18,21)(H2,16,17,19,20). The van der Waals surface area contributed by atoms with Crippen molar-refractivity contribution in [3.8, 4) is 0 Å². The number of aromatic nitrogens is 2. The number of hydrogen-bond acceptors (Lipinski definition) is 5. The fourth-order valence-electron chi connectivity index (χ4n) is 2.64. The third kappa shape index (κ3) is 4.88. The Balaban J connectivity index is 1.74. The Morgan fingerprint density at radius 2 is 1.86 bits per heavy atom. The summed E-state index contributed by atoms with van der Waals surface area (Å²) in [5.41, 5.74) is 0. The minimum Gasteiger partial charge on any atom is -0.370 e. The van der Waals surface area contributed by atoms with Crippen LogP contribution in [0.4, 0.5) is 11.6 Å². The zero-order chi connectivity index (χ0) is 15.1. The maximum atomic E-state index is 11.9. The van der Waals surface area contributed by atoms with Crippen molar-refractivity contribution in [1.82, 2.24) is 15.3 Å². The molecular formula is C15H25N5O. The zero-order valence-corrected chi connectivity index (χ0v) is 12.9. The van der Waals surface area contributed by atoms with E-state index in [9.17, 15) is 4.79 Å². The molecule has 0 atom stereocenters. The Morgan fingerprint density at radius 3 is 2.52 bits per heavy atom. The van der Waals surface area contributed by atoms with Crippen molar-refractivity contribution in [1.29, 1.82) is 0 Å². The molecule has 0 unspecified atom stereocenters. The zero-order valence-electron chi connectivity index (χ0n) is 12.9. The molecule has 1 saturated carbocycles. The summed E-state index contributed by atoms with van der Waals surface area (Å²) in [6.45, 7) is 6.01. The number of carbonyl (C=O) groups is 1. The van der Waals surface area contributed by atoms with Crippen LogP contribution >= 0.6 is 0 Å². The molecule has 1 aromatic heterocycles. The first-order valence-corrected chi connectivity index (χ1v) is 7.80. The Kier molecular flexibility index (Phi) is 5.78. The van der Waals surface area contributed by atoms with Crippen molar-refractivity contribution in [2.24, 2.45) is 5.92 Å². The first kappa shape index (κ1) is 15.5. The van der Waals surface area contributed by atoms with Gasteiger partial charge in [-0.05, 0) is 26.7 Å². The van der Waals surface area contributed by atoms with E-state index in [0.717, 1.165) is 36.8 Å². The molecule has 0 spiro atoms. The molecule has 1 aromatic rings. The molecule has 1 heterocycles. The van der Waals surface area contributed by atoms with Crippen LogP contribution in [-0.4, -0.2) is 35.5 Å². The monoisotopic (exact) mass is 291 g/mol. The molecule has 0 bridgehead atoms. The summed E-state index contributed by atoms with van der Waals surface area (Å²) < 4.78 is 0. The minimum atomic E-state index is 0.196. The second-order valence-electron chi connectivity index (χ2n) is 5.42. The van der Waals surface area contributed by atoms with Gasteiger partial charge in [0, 0.05) is 31.6 Å². The molecular weight excluding hydrogens is 266 g/mol. The lowest BCUT2D eigenvalue weighted by Gasteiger charge is -2.12. The number of nitrogens with zero attached hydrogens (tertiary/aromatic N) is 2. The molecule has 6 heteroatoms. The fourth-order valence-corrected chi connectivity index (χ4v) is 2.64. The first-order chi connectivity index (χ1) is 10.2. The Labute approximate surface area is 126 Å². The Hall–Kier alpha value is -1.85. The molecule has 3 N–H and O–H groups in total. The average Bonchev–Trinajstić information content (AvgIpc) is 2.97. The second-order valence-corrected chi connectivity index (χ2v) is 5.42. The second kappa shape index (κ2) is 7.81. The molecule has 0 saturated heterocycles. The molecule has 0 aliphatic heterocycles. The van der Waals surface area contributed by atoms with Gasteiger partial charge < -0.3 is 16.0 Å². The van der Waals surface area contributed by atoms with Gasteiger partial charge in [0.15, 0.2) is 0 Å². The van der Waals surface area contributed by atoms with Gasteiger partial charge in [0.05, 0.1) is 0 Å². The van der Waals surface area contributed by atoms with E-state index in [4.69, 9.17) is 0 Å². The van der Waals surface area contributed by atoms with Crippen LogP contribution in [0.1, 0.15) is 38.4 Å². The minimum absolute atomic E-state index is 0.196. The van der Waals surface area contributed by atoms with Crippen molar-refractivity contribution >= 4 is 17.5 Å². The van der Waals surface area contributed by atoms with E-state index in [2.05, 4.69) is 25.9 Å². The van der Waals surface area contributed by atoms with Gasteiger partial charge in [0.1, 0.15) is 17.5 Å². The van der Waals surface area contributed by atoms with E-state index in [1.165, 1.54) is 12.8 Å². The van der Waals surface area contributed by atoms with Crippen molar-refractivity contribution in [2.45, 2.75) is 39.5 Å². The van der Waals surface area contributed by atoms with Crippen LogP contribution in [0.15, 0.2) is 6.07 Å². The van der Waals surface area contributed by atoms with Crippen LogP contribution < -0.4 is 16.0 Å². The average molecular weight is 291 g/mol. The molecule has 21 heavy (non-hydrogen) atoms. The number of rotatable bonds is 7. The highest BCUT2D eigenvalue weighted by Crippen LogP contribution is 2.24. The van der Waals surface area contributed by atoms with Gasteiger partial charge in [-0.1, -0.05) is 12.8 Å². The summed E-state index contributed by atoms with van der Waals surface area (Å²) in [4.78, 5) is 20.5. The molecule has 6 nitrogen and oxygen atoms in total. The van der Waals surface area contributed by atoms with Crippen LogP contribution in [-0.2, 0) is 4.79 Å². The SMILES string of the molecule is CCNc1cc(NCCNC(=O)C2CCCC2)nc(C)n1. The van der Waals surface area contributed by atoms with Crippen LogP contribution in [0.3, 0.4) is 0 Å². The van der Waals surface area contributed by atoms with Crippen molar-refractivity contribution in [2.75, 3.05) is 30.3 Å². The molecule has 1 aliphatic carbocycles. The highest BCUT2D eigenvalue weighted by Gasteiger charge is 2.21. The first-order valence-electron chi connectivity index (χ1n) is 7.80. The maximum Gasteiger partial charge on any atom is 0.223 e. The summed E-state index contributed by atoms with van der Waals surface area (Å²) in [7, 11) is 0. The van der Waals surface area contributed by atoms with E-state index < -0.39 is 0 Å². The third-order valence-corrected chi connectivity index (χ3v) is 3.65. The van der Waals surface area contributed by atoms with E-state index in [1.54, 1.807) is 0 Å². The molecule has 0 radical (unpaired) electrons. The summed E-state index contributed by atoms with van der Waals surface area (Å²) >= 11 is 0. The van der Waals surface area contributed by atoms with E-state index >= 15 is 0 Å². The number of nitrogens with one attached hydrogen (secondary N) is 3. The largest absolute Gasteiger partial charge is 0.370 e. The van der Waals surface area contributed by atoms with E-state index in [0.29, 0.717) is 13.1 Å². The summed E-state index contributed by atoms with van der Waals surface area (Å²) in [5.74, 6) is 2.76. The topological polar surface area (TPSA) is 78.9 Å². The van der Waals surface area contributed by atoms with Gasteiger partial charge >= 0.3 is 0 Å². The molecule has 1 amide bonds. The number of hydrogen-bond donors (Lipinski definition) is 3. The van der Waals surface area contributed by atoms with Gasteiger partial charge in [0.25, 0.3) is 0 Å². The van der Waals surface area contributed by atoms with Gasteiger partial charge in [-0.25, -0.2) is 9.97 Å². The van der Waals surface area contributed by atoms with Gasteiger partial charge in [-0.3, -0.25) is 4.79 Å². The number of anilines is 2. The normalized spacial score (nSPS) is 15.0. The van der Waals surface area contributed by atoms with E-state index in [1.807, 2.05) is 19.9 Å². The van der Waals surface area contributed by atoms with Crippen molar-refractivity contribution in [3.05, 3.63) is 11.9 Å². The van der Waals surface area contributed by atoms with Crippen LogP contribution in [0.2, 0.25) is 0 Å². The molecule has 116 valence electrons. The molecule has 0 aromatic carbocycles. The predicted molar refractivity (Wildman–Crippen MR) is 84.4 cm³/mol.